The number of carbonyl (C=O) groups is 1. The van der Waals surface area contributed by atoms with Crippen molar-refractivity contribution in [1.82, 2.24) is 30.4 Å². The molecule has 2 aromatic rings. The maximum Gasteiger partial charge on any atom is 0.319 e. The molecule has 3 heterocycles. The third kappa shape index (κ3) is 4.01. The minimum atomic E-state index is -0.132. The second kappa shape index (κ2) is 7.50. The molecule has 2 fully saturated rings. The average Bonchev–Trinajstić information content (AvgIpc) is 3.19. The van der Waals surface area contributed by atoms with Gasteiger partial charge in [0.2, 0.25) is 0 Å². The Labute approximate surface area is 165 Å². The van der Waals surface area contributed by atoms with Gasteiger partial charge in [-0.05, 0) is 69.0 Å². The normalized spacial score (nSPS) is 24.9. The van der Waals surface area contributed by atoms with Crippen molar-refractivity contribution < 1.29 is 4.79 Å². The highest BCUT2D eigenvalue weighted by Gasteiger charge is 2.42. The number of rotatable bonds is 4. The topological polar surface area (TPSA) is 88.0 Å². The smallest absolute Gasteiger partial charge is 0.319 e. The summed E-state index contributed by atoms with van der Waals surface area (Å²) in [6.07, 6.45) is 4.27. The maximum absolute atomic E-state index is 12.3. The number of hydrogen-bond donors (Lipinski definition) is 2. The van der Waals surface area contributed by atoms with Gasteiger partial charge in [0.15, 0.2) is 5.82 Å². The highest BCUT2D eigenvalue weighted by atomic mass is 16.2. The van der Waals surface area contributed by atoms with E-state index in [1.165, 1.54) is 12.8 Å². The van der Waals surface area contributed by atoms with Gasteiger partial charge in [0.05, 0.1) is 12.1 Å². The summed E-state index contributed by atoms with van der Waals surface area (Å²) < 4.78 is 1.92. The molecule has 2 aliphatic heterocycles. The minimum Gasteiger partial charge on any atom is -0.335 e. The Morgan fingerprint density at radius 3 is 2.46 bits per heavy atom. The SMILES string of the molecule is CC(C)(C)n1nnnc1CN1[C@@H]2CC[C@H]1CC(NC(=O)Nc1ccccc1)C2. The minimum absolute atomic E-state index is 0.124. The molecule has 2 bridgehead atoms. The van der Waals surface area contributed by atoms with Gasteiger partial charge in [-0.25, -0.2) is 9.48 Å². The number of amides is 2. The van der Waals surface area contributed by atoms with Crippen LogP contribution in [-0.4, -0.2) is 49.3 Å². The Morgan fingerprint density at radius 2 is 1.82 bits per heavy atom. The molecule has 2 saturated heterocycles. The van der Waals surface area contributed by atoms with Crippen LogP contribution >= 0.6 is 0 Å². The van der Waals surface area contributed by atoms with Crippen molar-refractivity contribution in [3.05, 3.63) is 36.2 Å². The van der Waals surface area contributed by atoms with Crippen LogP contribution in [0.15, 0.2) is 30.3 Å². The van der Waals surface area contributed by atoms with Crippen LogP contribution in [0.3, 0.4) is 0 Å². The fourth-order valence-corrected chi connectivity index (χ4v) is 4.51. The Morgan fingerprint density at radius 1 is 1.14 bits per heavy atom. The number of para-hydroxylation sites is 1. The number of urea groups is 1. The Kier molecular flexibility index (Phi) is 5.05. The predicted octanol–water partition coefficient (Wildman–Crippen LogP) is 2.75. The number of fused-ring (bicyclic) bond motifs is 2. The van der Waals surface area contributed by atoms with Crippen LogP contribution in [0.4, 0.5) is 10.5 Å². The number of piperidine rings is 1. The molecule has 2 N–H and O–H groups in total. The lowest BCUT2D eigenvalue weighted by atomic mass is 9.97. The molecule has 28 heavy (non-hydrogen) atoms. The second-order valence-corrected chi connectivity index (χ2v) is 8.87. The van der Waals surface area contributed by atoms with Gasteiger partial charge in [-0.3, -0.25) is 4.90 Å². The summed E-state index contributed by atoms with van der Waals surface area (Å²) in [6, 6.07) is 10.6. The summed E-state index contributed by atoms with van der Waals surface area (Å²) in [6.45, 7) is 7.11. The lowest BCUT2D eigenvalue weighted by Crippen LogP contribution is -2.51. The summed E-state index contributed by atoms with van der Waals surface area (Å²) in [5.74, 6) is 0.914. The van der Waals surface area contributed by atoms with E-state index in [1.807, 2.05) is 35.0 Å². The number of anilines is 1. The summed E-state index contributed by atoms with van der Waals surface area (Å²) in [5.41, 5.74) is 0.683. The van der Waals surface area contributed by atoms with Crippen molar-refractivity contribution in [2.24, 2.45) is 0 Å². The first-order valence-electron chi connectivity index (χ1n) is 10.1. The highest BCUT2D eigenvalue weighted by molar-refractivity contribution is 5.89. The number of hydrogen-bond acceptors (Lipinski definition) is 5. The third-order valence-corrected chi connectivity index (χ3v) is 5.74. The molecular weight excluding hydrogens is 354 g/mol. The summed E-state index contributed by atoms with van der Waals surface area (Å²) in [5, 5.41) is 18.4. The van der Waals surface area contributed by atoms with Crippen LogP contribution in [-0.2, 0) is 12.1 Å². The van der Waals surface area contributed by atoms with E-state index in [9.17, 15) is 4.79 Å². The van der Waals surface area contributed by atoms with Crippen LogP contribution in [0.1, 0.15) is 52.3 Å². The van der Waals surface area contributed by atoms with Gasteiger partial charge in [0, 0.05) is 23.8 Å². The van der Waals surface area contributed by atoms with E-state index in [4.69, 9.17) is 0 Å². The maximum atomic E-state index is 12.3. The Hall–Kier alpha value is -2.48. The summed E-state index contributed by atoms with van der Waals surface area (Å²) >= 11 is 0. The van der Waals surface area contributed by atoms with Gasteiger partial charge in [-0.15, -0.1) is 5.10 Å². The number of nitrogens with one attached hydrogen (secondary N) is 2. The molecule has 1 unspecified atom stereocenters. The van der Waals surface area contributed by atoms with Gasteiger partial charge in [0.25, 0.3) is 0 Å². The van der Waals surface area contributed by atoms with E-state index in [2.05, 4.69) is 51.8 Å². The van der Waals surface area contributed by atoms with E-state index < -0.39 is 0 Å². The second-order valence-electron chi connectivity index (χ2n) is 8.87. The first kappa shape index (κ1) is 18.9. The van der Waals surface area contributed by atoms with E-state index >= 15 is 0 Å². The average molecular weight is 384 g/mol. The van der Waals surface area contributed by atoms with E-state index in [1.54, 1.807) is 0 Å². The number of benzene rings is 1. The molecule has 8 heteroatoms. The fraction of sp³-hybridized carbons (Fsp3) is 0.600. The zero-order chi connectivity index (χ0) is 19.7. The number of tetrazole rings is 1. The molecule has 1 aromatic heterocycles. The molecule has 4 rings (SSSR count). The third-order valence-electron chi connectivity index (χ3n) is 5.74. The zero-order valence-electron chi connectivity index (χ0n) is 16.8. The number of nitrogens with zero attached hydrogens (tertiary/aromatic N) is 5. The largest absolute Gasteiger partial charge is 0.335 e. The van der Waals surface area contributed by atoms with Crippen molar-refractivity contribution in [2.75, 3.05) is 5.32 Å². The van der Waals surface area contributed by atoms with Crippen LogP contribution in [0.5, 0.6) is 0 Å². The Balaban J connectivity index is 1.36. The molecule has 0 saturated carbocycles. The molecule has 3 atom stereocenters. The molecule has 0 spiro atoms. The monoisotopic (exact) mass is 383 g/mol. The van der Waals surface area contributed by atoms with E-state index in [0.29, 0.717) is 12.1 Å². The zero-order valence-corrected chi connectivity index (χ0v) is 16.8. The van der Waals surface area contributed by atoms with Crippen molar-refractivity contribution in [1.29, 1.82) is 0 Å². The van der Waals surface area contributed by atoms with Gasteiger partial charge >= 0.3 is 6.03 Å². The standard InChI is InChI=1S/C20H29N7O/c1-20(2,3)27-18(23-24-25-27)13-26-16-9-10-17(26)12-15(11-16)22-19(28)21-14-7-5-4-6-8-14/h4-8,15-17H,9-13H2,1-3H3,(H2,21,22,28)/t15?,16-,17+. The molecule has 150 valence electrons. The first-order valence-corrected chi connectivity index (χ1v) is 10.1. The van der Waals surface area contributed by atoms with Gasteiger partial charge in [0.1, 0.15) is 0 Å². The highest BCUT2D eigenvalue weighted by Crippen LogP contribution is 2.37. The number of aromatic nitrogens is 4. The van der Waals surface area contributed by atoms with Crippen LogP contribution in [0, 0.1) is 0 Å². The molecule has 0 radical (unpaired) electrons. The van der Waals surface area contributed by atoms with Crippen molar-refractivity contribution >= 4 is 11.7 Å². The van der Waals surface area contributed by atoms with Gasteiger partial charge < -0.3 is 10.6 Å². The van der Waals surface area contributed by atoms with Crippen LogP contribution in [0.25, 0.3) is 0 Å². The molecule has 0 aliphatic carbocycles. The first-order chi connectivity index (χ1) is 13.4. The van der Waals surface area contributed by atoms with Crippen molar-refractivity contribution in [3.8, 4) is 0 Å². The molecule has 2 aliphatic rings. The van der Waals surface area contributed by atoms with Crippen molar-refractivity contribution in [2.45, 2.75) is 76.7 Å². The van der Waals surface area contributed by atoms with Gasteiger partial charge in [-0.1, -0.05) is 18.2 Å². The molecular formula is C20H29N7O. The van der Waals surface area contributed by atoms with Gasteiger partial charge in [-0.2, -0.15) is 0 Å². The van der Waals surface area contributed by atoms with Crippen LogP contribution in [0.2, 0.25) is 0 Å². The fourth-order valence-electron chi connectivity index (χ4n) is 4.51. The molecule has 8 nitrogen and oxygen atoms in total. The lowest BCUT2D eigenvalue weighted by molar-refractivity contribution is 0.105. The van der Waals surface area contributed by atoms with Crippen molar-refractivity contribution in [3.63, 3.8) is 0 Å². The molecule has 2 amide bonds. The molecule has 1 aromatic carbocycles. The van der Waals surface area contributed by atoms with Crippen LogP contribution < -0.4 is 10.6 Å². The lowest BCUT2D eigenvalue weighted by Gasteiger charge is -2.39. The van der Waals surface area contributed by atoms with E-state index in [0.717, 1.165) is 30.9 Å². The van der Waals surface area contributed by atoms with E-state index in [-0.39, 0.29) is 17.6 Å². The Bertz CT molecular complexity index is 799. The quantitative estimate of drug-likeness (QED) is 0.848. The predicted molar refractivity (Wildman–Crippen MR) is 107 cm³/mol. The summed E-state index contributed by atoms with van der Waals surface area (Å²) in [4.78, 5) is 14.9. The number of carbonyl (C=O) groups excluding carboxylic acids is 1. The summed E-state index contributed by atoms with van der Waals surface area (Å²) in [7, 11) is 0.